The van der Waals surface area contributed by atoms with Crippen LogP contribution in [0.4, 0.5) is 5.95 Å². The van der Waals surface area contributed by atoms with Crippen molar-refractivity contribution in [3.63, 3.8) is 0 Å². The van der Waals surface area contributed by atoms with Crippen LogP contribution >= 0.6 is 0 Å². The molecule has 1 saturated heterocycles. The van der Waals surface area contributed by atoms with Crippen molar-refractivity contribution >= 4 is 17.8 Å². The van der Waals surface area contributed by atoms with E-state index in [0.717, 1.165) is 44.8 Å². The number of carbonyl (C=O) groups is 2. The lowest BCUT2D eigenvalue weighted by atomic mass is 10.1. The normalized spacial score (nSPS) is 19.5. The molecule has 7 nitrogen and oxygen atoms in total. The molecule has 0 radical (unpaired) electrons. The number of hydrogen-bond donors (Lipinski definition) is 1. The van der Waals surface area contributed by atoms with Gasteiger partial charge in [0.1, 0.15) is 0 Å². The van der Waals surface area contributed by atoms with Crippen LogP contribution in [0.25, 0.3) is 0 Å². The zero-order valence-electron chi connectivity index (χ0n) is 15.2. The van der Waals surface area contributed by atoms with Gasteiger partial charge in [-0.15, -0.1) is 0 Å². The summed E-state index contributed by atoms with van der Waals surface area (Å²) in [5.74, 6) is 0.438. The number of hydrogen-bond acceptors (Lipinski definition) is 6. The minimum absolute atomic E-state index is 0.168. The Morgan fingerprint density at radius 1 is 1.00 bits per heavy atom. The van der Waals surface area contributed by atoms with E-state index in [-0.39, 0.29) is 11.8 Å². The van der Waals surface area contributed by atoms with Gasteiger partial charge in [-0.25, -0.2) is 9.97 Å². The van der Waals surface area contributed by atoms with Crippen molar-refractivity contribution in [1.29, 1.82) is 0 Å². The highest BCUT2D eigenvalue weighted by Gasteiger charge is 2.34. The van der Waals surface area contributed by atoms with E-state index in [1.165, 1.54) is 4.90 Å². The minimum Gasteiger partial charge on any atom is -0.338 e. The number of nitrogens with one attached hydrogen (secondary N) is 1. The molecule has 1 unspecified atom stereocenters. The van der Waals surface area contributed by atoms with Gasteiger partial charge in [-0.2, -0.15) is 0 Å². The van der Waals surface area contributed by atoms with E-state index >= 15 is 0 Å². The third-order valence-corrected chi connectivity index (χ3v) is 5.15. The SMILES string of the molecule is O=C1c2ccccc2C(=O)N1CCCCC1CN(c2ncccn2)CCN1. The summed E-state index contributed by atoms with van der Waals surface area (Å²) in [6.07, 6.45) is 6.29. The van der Waals surface area contributed by atoms with Gasteiger partial charge >= 0.3 is 0 Å². The van der Waals surface area contributed by atoms with Crippen molar-refractivity contribution in [1.82, 2.24) is 20.2 Å². The molecule has 2 amide bonds. The molecule has 1 aromatic carbocycles. The number of imide groups is 1. The number of unbranched alkanes of at least 4 members (excludes halogenated alkanes) is 1. The van der Waals surface area contributed by atoms with Crippen LogP contribution in [-0.2, 0) is 0 Å². The van der Waals surface area contributed by atoms with Gasteiger partial charge in [-0.05, 0) is 31.0 Å². The van der Waals surface area contributed by atoms with Crippen molar-refractivity contribution in [2.45, 2.75) is 25.3 Å². The number of aromatic nitrogens is 2. The number of carbonyl (C=O) groups excluding carboxylic acids is 2. The third kappa shape index (κ3) is 3.68. The molecular weight excluding hydrogens is 342 g/mol. The van der Waals surface area contributed by atoms with E-state index in [2.05, 4.69) is 20.2 Å². The third-order valence-electron chi connectivity index (χ3n) is 5.15. The van der Waals surface area contributed by atoms with E-state index in [4.69, 9.17) is 0 Å². The van der Waals surface area contributed by atoms with Crippen molar-refractivity contribution in [2.75, 3.05) is 31.1 Å². The maximum atomic E-state index is 12.4. The second-order valence-corrected chi connectivity index (χ2v) is 6.95. The quantitative estimate of drug-likeness (QED) is 0.620. The Morgan fingerprint density at radius 2 is 1.70 bits per heavy atom. The predicted molar refractivity (Wildman–Crippen MR) is 102 cm³/mol. The van der Waals surface area contributed by atoms with E-state index in [1.807, 2.05) is 6.07 Å². The monoisotopic (exact) mass is 365 g/mol. The van der Waals surface area contributed by atoms with E-state index < -0.39 is 0 Å². The zero-order valence-corrected chi connectivity index (χ0v) is 15.2. The molecule has 1 atom stereocenters. The number of nitrogens with zero attached hydrogens (tertiary/aromatic N) is 4. The lowest BCUT2D eigenvalue weighted by Crippen LogP contribution is -2.51. The van der Waals surface area contributed by atoms with Gasteiger partial charge in [0.15, 0.2) is 0 Å². The van der Waals surface area contributed by atoms with E-state index in [1.54, 1.807) is 36.7 Å². The van der Waals surface area contributed by atoms with Crippen LogP contribution < -0.4 is 10.2 Å². The van der Waals surface area contributed by atoms with Crippen LogP contribution in [-0.4, -0.2) is 58.9 Å². The smallest absolute Gasteiger partial charge is 0.261 e. The predicted octanol–water partition coefficient (Wildman–Crippen LogP) is 1.72. The van der Waals surface area contributed by atoms with Crippen LogP contribution in [0.3, 0.4) is 0 Å². The van der Waals surface area contributed by atoms with E-state index in [0.29, 0.717) is 23.7 Å². The second-order valence-electron chi connectivity index (χ2n) is 6.95. The summed E-state index contributed by atoms with van der Waals surface area (Å²) in [5, 5.41) is 3.53. The first kappa shape index (κ1) is 17.6. The summed E-state index contributed by atoms with van der Waals surface area (Å²) in [6, 6.07) is 9.23. The number of amides is 2. The fourth-order valence-electron chi connectivity index (χ4n) is 3.76. The average Bonchev–Trinajstić information content (AvgIpc) is 2.97. The molecule has 1 aromatic heterocycles. The first-order valence-electron chi connectivity index (χ1n) is 9.44. The molecular formula is C20H23N5O2. The Labute approximate surface area is 158 Å². The van der Waals surface area contributed by atoms with Gasteiger partial charge < -0.3 is 10.2 Å². The summed E-state index contributed by atoms with van der Waals surface area (Å²) in [7, 11) is 0. The van der Waals surface area contributed by atoms with Crippen LogP contribution in [0, 0.1) is 0 Å². The molecule has 7 heteroatoms. The Balaban J connectivity index is 1.25. The Bertz CT molecular complexity index is 791. The Kier molecular flexibility index (Phi) is 5.11. The Morgan fingerprint density at radius 3 is 2.41 bits per heavy atom. The average molecular weight is 365 g/mol. The summed E-state index contributed by atoms with van der Waals surface area (Å²) in [4.78, 5) is 37.0. The number of benzene rings is 1. The topological polar surface area (TPSA) is 78.4 Å². The van der Waals surface area contributed by atoms with Crippen LogP contribution in [0.15, 0.2) is 42.7 Å². The van der Waals surface area contributed by atoms with Gasteiger partial charge in [-0.3, -0.25) is 14.5 Å². The van der Waals surface area contributed by atoms with Crippen molar-refractivity contribution in [3.8, 4) is 0 Å². The van der Waals surface area contributed by atoms with Crippen LogP contribution in [0.1, 0.15) is 40.0 Å². The number of piperazine rings is 1. The zero-order chi connectivity index (χ0) is 18.6. The van der Waals surface area contributed by atoms with Crippen LogP contribution in [0.5, 0.6) is 0 Å². The number of rotatable bonds is 6. The molecule has 3 heterocycles. The Hall–Kier alpha value is -2.80. The molecule has 0 saturated carbocycles. The molecule has 2 aromatic rings. The van der Waals surface area contributed by atoms with Crippen molar-refractivity contribution in [2.24, 2.45) is 0 Å². The fourth-order valence-corrected chi connectivity index (χ4v) is 3.76. The maximum Gasteiger partial charge on any atom is 0.261 e. The molecule has 4 rings (SSSR count). The molecule has 0 spiro atoms. The largest absolute Gasteiger partial charge is 0.338 e. The molecule has 140 valence electrons. The number of anilines is 1. The van der Waals surface area contributed by atoms with Gasteiger partial charge in [-0.1, -0.05) is 18.6 Å². The van der Waals surface area contributed by atoms with Gasteiger partial charge in [0.05, 0.1) is 11.1 Å². The highest BCUT2D eigenvalue weighted by molar-refractivity contribution is 6.21. The molecule has 0 bridgehead atoms. The molecule has 2 aliphatic rings. The van der Waals surface area contributed by atoms with Crippen molar-refractivity contribution in [3.05, 3.63) is 53.9 Å². The lowest BCUT2D eigenvalue weighted by Gasteiger charge is -2.33. The summed E-state index contributed by atoms with van der Waals surface area (Å²) < 4.78 is 0. The van der Waals surface area contributed by atoms with Crippen molar-refractivity contribution < 1.29 is 9.59 Å². The minimum atomic E-state index is -0.168. The van der Waals surface area contributed by atoms with Gasteiger partial charge in [0, 0.05) is 44.6 Å². The summed E-state index contributed by atoms with van der Waals surface area (Å²) in [5.41, 5.74) is 1.05. The lowest BCUT2D eigenvalue weighted by molar-refractivity contribution is 0.0651. The molecule has 1 N–H and O–H groups in total. The van der Waals surface area contributed by atoms with Gasteiger partial charge in [0.25, 0.3) is 11.8 Å². The van der Waals surface area contributed by atoms with E-state index in [9.17, 15) is 9.59 Å². The highest BCUT2D eigenvalue weighted by atomic mass is 16.2. The maximum absolute atomic E-state index is 12.4. The molecule has 1 fully saturated rings. The fraction of sp³-hybridized carbons (Fsp3) is 0.400. The molecule has 27 heavy (non-hydrogen) atoms. The van der Waals surface area contributed by atoms with Crippen LogP contribution in [0.2, 0.25) is 0 Å². The summed E-state index contributed by atoms with van der Waals surface area (Å²) >= 11 is 0. The second kappa shape index (κ2) is 7.84. The first-order chi connectivity index (χ1) is 13.2. The summed E-state index contributed by atoms with van der Waals surface area (Å²) in [6.45, 7) is 3.15. The molecule has 0 aliphatic carbocycles. The highest BCUT2D eigenvalue weighted by Crippen LogP contribution is 2.23. The first-order valence-corrected chi connectivity index (χ1v) is 9.44. The standard InChI is InChI=1S/C20H23N5O2/c26-18-16-7-1-2-8-17(16)19(27)25(18)12-4-3-6-15-14-24(13-11-21-15)20-22-9-5-10-23-20/h1-2,5,7-10,15,21H,3-4,6,11-14H2. The van der Waals surface area contributed by atoms with Gasteiger partial charge in [0.2, 0.25) is 5.95 Å². The molecule has 2 aliphatic heterocycles. The number of fused-ring (bicyclic) bond motifs is 1.